The summed E-state index contributed by atoms with van der Waals surface area (Å²) in [7, 11) is 1.60. The van der Waals surface area contributed by atoms with Gasteiger partial charge < -0.3 is 15.8 Å². The van der Waals surface area contributed by atoms with Gasteiger partial charge in [0.1, 0.15) is 5.75 Å². The smallest absolute Gasteiger partial charge is 0.224 e. The molecule has 0 saturated heterocycles. The predicted octanol–water partition coefficient (Wildman–Crippen LogP) is 0.453. The molecular formula is C12H16N2O2. The Morgan fingerprint density at radius 1 is 1.56 bits per heavy atom. The fourth-order valence-electron chi connectivity index (χ4n) is 1.66. The number of carbonyl (C=O) groups is 1. The summed E-state index contributed by atoms with van der Waals surface area (Å²) in [6, 6.07) is 7.84. The quantitative estimate of drug-likeness (QED) is 0.774. The molecule has 3 N–H and O–H groups in total. The maximum Gasteiger partial charge on any atom is 0.224 e. The Morgan fingerprint density at radius 3 is 2.88 bits per heavy atom. The number of nitrogens with two attached hydrogens (primary N) is 1. The first-order valence-corrected chi connectivity index (χ1v) is 5.37. The lowest BCUT2D eigenvalue weighted by Crippen LogP contribution is -2.30. The van der Waals surface area contributed by atoms with Crippen molar-refractivity contribution in [1.82, 2.24) is 5.32 Å². The van der Waals surface area contributed by atoms with E-state index in [1.165, 1.54) is 0 Å². The maximum absolute atomic E-state index is 11.7. The zero-order chi connectivity index (χ0) is 11.5. The van der Waals surface area contributed by atoms with Crippen molar-refractivity contribution in [2.45, 2.75) is 24.9 Å². The van der Waals surface area contributed by atoms with Crippen LogP contribution in [0.15, 0.2) is 24.3 Å². The molecule has 1 fully saturated rings. The highest BCUT2D eigenvalue weighted by atomic mass is 16.5. The van der Waals surface area contributed by atoms with Crippen molar-refractivity contribution in [3.8, 4) is 5.75 Å². The maximum atomic E-state index is 11.7. The van der Waals surface area contributed by atoms with Gasteiger partial charge in [-0.25, -0.2) is 0 Å². The second kappa shape index (κ2) is 4.53. The largest absolute Gasteiger partial charge is 0.496 e. The molecule has 2 rings (SSSR count). The van der Waals surface area contributed by atoms with E-state index >= 15 is 0 Å². The highest BCUT2D eigenvalue weighted by Gasteiger charge is 2.34. The van der Waals surface area contributed by atoms with Gasteiger partial charge in [-0.15, -0.1) is 0 Å². The molecule has 1 aromatic rings. The number of benzene rings is 1. The molecule has 0 aliphatic heterocycles. The Labute approximate surface area is 94.8 Å². The van der Waals surface area contributed by atoms with Gasteiger partial charge >= 0.3 is 0 Å². The Bertz CT molecular complexity index is 392. The first kappa shape index (κ1) is 11.0. The van der Waals surface area contributed by atoms with Crippen LogP contribution in [0.5, 0.6) is 5.75 Å². The van der Waals surface area contributed by atoms with E-state index in [4.69, 9.17) is 10.5 Å². The minimum absolute atomic E-state index is 0.00227. The zero-order valence-corrected chi connectivity index (χ0v) is 9.27. The number of rotatable bonds is 4. The van der Waals surface area contributed by atoms with E-state index in [2.05, 4.69) is 5.32 Å². The monoisotopic (exact) mass is 220 g/mol. The van der Waals surface area contributed by atoms with Gasteiger partial charge in [-0.2, -0.15) is 0 Å². The molecule has 86 valence electrons. The third-order valence-corrected chi connectivity index (χ3v) is 2.73. The average Bonchev–Trinajstić information content (AvgIpc) is 2.94. The highest BCUT2D eigenvalue weighted by molar-refractivity contribution is 5.80. The van der Waals surface area contributed by atoms with E-state index in [1.54, 1.807) is 7.11 Å². The number of hydrogen-bond donors (Lipinski definition) is 2. The Hall–Kier alpha value is -1.55. The van der Waals surface area contributed by atoms with E-state index in [-0.39, 0.29) is 18.0 Å². The van der Waals surface area contributed by atoms with E-state index in [1.807, 2.05) is 24.3 Å². The standard InChI is InChI=1S/C12H16N2O2/c1-16-11-5-3-2-4-8(11)6-12(15)14-10-7-9(10)13/h2-5,9-10H,6-7,13H2,1H3,(H,14,15). The molecule has 0 heterocycles. The van der Waals surface area contributed by atoms with Gasteiger partial charge in [0, 0.05) is 17.6 Å². The van der Waals surface area contributed by atoms with Gasteiger partial charge in [-0.1, -0.05) is 18.2 Å². The zero-order valence-electron chi connectivity index (χ0n) is 9.27. The molecule has 1 aromatic carbocycles. The van der Waals surface area contributed by atoms with Crippen molar-refractivity contribution in [3.63, 3.8) is 0 Å². The van der Waals surface area contributed by atoms with Crippen LogP contribution >= 0.6 is 0 Å². The Kier molecular flexibility index (Phi) is 3.10. The number of amides is 1. The first-order chi connectivity index (χ1) is 7.70. The summed E-state index contributed by atoms with van der Waals surface area (Å²) in [5.41, 5.74) is 6.52. The number of nitrogens with one attached hydrogen (secondary N) is 1. The molecule has 1 aliphatic carbocycles. The number of hydrogen-bond acceptors (Lipinski definition) is 3. The molecule has 2 atom stereocenters. The lowest BCUT2D eigenvalue weighted by molar-refractivity contribution is -0.120. The fourth-order valence-corrected chi connectivity index (χ4v) is 1.66. The molecule has 4 heteroatoms. The summed E-state index contributed by atoms with van der Waals surface area (Å²) in [5, 5.41) is 2.88. The van der Waals surface area contributed by atoms with Gasteiger partial charge in [0.2, 0.25) is 5.91 Å². The fraction of sp³-hybridized carbons (Fsp3) is 0.417. The van der Waals surface area contributed by atoms with Crippen LogP contribution in [-0.4, -0.2) is 25.1 Å². The van der Waals surface area contributed by atoms with Crippen molar-refractivity contribution >= 4 is 5.91 Å². The Morgan fingerprint density at radius 2 is 2.25 bits per heavy atom. The summed E-state index contributed by atoms with van der Waals surface area (Å²) in [6.07, 6.45) is 1.23. The van der Waals surface area contributed by atoms with Crippen LogP contribution in [0.3, 0.4) is 0 Å². The van der Waals surface area contributed by atoms with Crippen LogP contribution in [0.25, 0.3) is 0 Å². The van der Waals surface area contributed by atoms with Gasteiger partial charge in [0.25, 0.3) is 0 Å². The molecule has 4 nitrogen and oxygen atoms in total. The van der Waals surface area contributed by atoms with Gasteiger partial charge in [0.05, 0.1) is 13.5 Å². The first-order valence-electron chi connectivity index (χ1n) is 5.37. The third-order valence-electron chi connectivity index (χ3n) is 2.73. The predicted molar refractivity (Wildman–Crippen MR) is 61.2 cm³/mol. The second-order valence-electron chi connectivity index (χ2n) is 4.06. The van der Waals surface area contributed by atoms with Gasteiger partial charge in [-0.3, -0.25) is 4.79 Å². The van der Waals surface area contributed by atoms with Gasteiger partial charge in [-0.05, 0) is 12.5 Å². The van der Waals surface area contributed by atoms with Crippen LogP contribution < -0.4 is 15.8 Å². The minimum Gasteiger partial charge on any atom is -0.496 e. The van der Waals surface area contributed by atoms with Crippen molar-refractivity contribution in [2.24, 2.45) is 5.73 Å². The summed E-state index contributed by atoms with van der Waals surface area (Å²) < 4.78 is 5.18. The summed E-state index contributed by atoms with van der Waals surface area (Å²) in [4.78, 5) is 11.7. The molecule has 2 unspecified atom stereocenters. The molecular weight excluding hydrogens is 204 g/mol. The summed E-state index contributed by atoms with van der Waals surface area (Å²) >= 11 is 0. The minimum atomic E-state index is 0.00227. The molecule has 0 aromatic heterocycles. The van der Waals surface area contributed by atoms with Crippen LogP contribution in [-0.2, 0) is 11.2 Å². The van der Waals surface area contributed by atoms with Gasteiger partial charge in [0.15, 0.2) is 0 Å². The molecule has 1 saturated carbocycles. The lowest BCUT2D eigenvalue weighted by atomic mass is 10.1. The summed E-state index contributed by atoms with van der Waals surface area (Å²) in [6.45, 7) is 0. The van der Waals surface area contributed by atoms with E-state index in [9.17, 15) is 4.79 Å². The normalized spacial score (nSPS) is 22.6. The number of carbonyl (C=O) groups excluding carboxylic acids is 1. The van der Waals surface area contributed by atoms with Crippen molar-refractivity contribution in [3.05, 3.63) is 29.8 Å². The van der Waals surface area contributed by atoms with E-state index in [0.29, 0.717) is 6.42 Å². The summed E-state index contributed by atoms with van der Waals surface area (Å²) in [5.74, 6) is 0.750. The molecule has 1 aliphatic rings. The molecule has 0 bridgehead atoms. The van der Waals surface area contributed by atoms with Crippen molar-refractivity contribution < 1.29 is 9.53 Å². The highest BCUT2D eigenvalue weighted by Crippen LogP contribution is 2.20. The topological polar surface area (TPSA) is 64.3 Å². The molecule has 0 radical (unpaired) electrons. The van der Waals surface area contributed by atoms with Crippen LogP contribution in [0.4, 0.5) is 0 Å². The molecule has 16 heavy (non-hydrogen) atoms. The van der Waals surface area contributed by atoms with E-state index in [0.717, 1.165) is 17.7 Å². The number of para-hydroxylation sites is 1. The number of methoxy groups -OCH3 is 1. The van der Waals surface area contributed by atoms with E-state index < -0.39 is 0 Å². The Balaban J connectivity index is 1.94. The molecule has 1 amide bonds. The third kappa shape index (κ3) is 2.52. The molecule has 0 spiro atoms. The lowest BCUT2D eigenvalue weighted by Gasteiger charge is -2.08. The van der Waals surface area contributed by atoms with Crippen molar-refractivity contribution in [2.75, 3.05) is 7.11 Å². The van der Waals surface area contributed by atoms with Crippen LogP contribution in [0.2, 0.25) is 0 Å². The average molecular weight is 220 g/mol. The number of ether oxygens (including phenoxy) is 1. The SMILES string of the molecule is COc1ccccc1CC(=O)NC1CC1N. The van der Waals surface area contributed by atoms with Crippen molar-refractivity contribution in [1.29, 1.82) is 0 Å². The van der Waals surface area contributed by atoms with Crippen LogP contribution in [0.1, 0.15) is 12.0 Å². The van der Waals surface area contributed by atoms with Crippen LogP contribution in [0, 0.1) is 0 Å². The second-order valence-corrected chi connectivity index (χ2v) is 4.06.